The van der Waals surface area contributed by atoms with Crippen LogP contribution in [0, 0.1) is 5.41 Å². The number of hydrogen-bond donors (Lipinski definition) is 3. The summed E-state index contributed by atoms with van der Waals surface area (Å²) in [5, 5.41) is 15.7. The molecule has 5 heteroatoms. The van der Waals surface area contributed by atoms with E-state index >= 15 is 0 Å². The van der Waals surface area contributed by atoms with Crippen LogP contribution in [0.4, 0.5) is 0 Å². The minimum atomic E-state index is -1.42. The van der Waals surface area contributed by atoms with Gasteiger partial charge in [0.2, 0.25) is 0 Å². The average molecular weight is 194 g/mol. The summed E-state index contributed by atoms with van der Waals surface area (Å²) in [5.74, 6) is -1.43. The Morgan fingerprint density at radius 2 is 2.00 bits per heavy atom. The molecule has 0 saturated carbocycles. The Morgan fingerprint density at radius 3 is 2.43 bits per heavy atom. The van der Waals surface area contributed by atoms with E-state index in [1.54, 1.807) is 30.3 Å². The van der Waals surface area contributed by atoms with E-state index in [9.17, 15) is 4.79 Å². The van der Waals surface area contributed by atoms with Gasteiger partial charge in [0.05, 0.1) is 0 Å². The number of para-hydroxylation sites is 1. The third kappa shape index (κ3) is 2.48. The van der Waals surface area contributed by atoms with Crippen molar-refractivity contribution in [2.45, 2.75) is 6.10 Å². The molecule has 0 aliphatic rings. The fourth-order valence-corrected chi connectivity index (χ4v) is 0.882. The second-order valence-corrected chi connectivity index (χ2v) is 2.60. The first-order chi connectivity index (χ1) is 6.61. The van der Waals surface area contributed by atoms with Crippen LogP contribution in [0.2, 0.25) is 0 Å². The third-order valence-corrected chi connectivity index (χ3v) is 1.50. The SMILES string of the molecule is N=C(N)C(Oc1ccccc1)C(=O)O. The molecule has 0 saturated heterocycles. The molecular weight excluding hydrogens is 184 g/mol. The van der Waals surface area contributed by atoms with E-state index in [4.69, 9.17) is 21.0 Å². The van der Waals surface area contributed by atoms with Crippen molar-refractivity contribution < 1.29 is 14.6 Å². The van der Waals surface area contributed by atoms with Gasteiger partial charge in [-0.3, -0.25) is 5.41 Å². The van der Waals surface area contributed by atoms with E-state index in [1.165, 1.54) is 0 Å². The summed E-state index contributed by atoms with van der Waals surface area (Å²) in [4.78, 5) is 10.6. The Kier molecular flexibility index (Phi) is 3.06. The Hall–Kier alpha value is -2.04. The zero-order valence-electron chi connectivity index (χ0n) is 7.31. The van der Waals surface area contributed by atoms with E-state index < -0.39 is 17.9 Å². The molecule has 0 bridgehead atoms. The van der Waals surface area contributed by atoms with Gasteiger partial charge >= 0.3 is 5.97 Å². The Bertz CT molecular complexity index is 323. The van der Waals surface area contributed by atoms with E-state index in [0.29, 0.717) is 5.75 Å². The van der Waals surface area contributed by atoms with Crippen molar-refractivity contribution in [3.8, 4) is 5.75 Å². The molecule has 74 valence electrons. The minimum Gasteiger partial charge on any atom is -0.478 e. The molecule has 1 unspecified atom stereocenters. The predicted octanol–water partition coefficient (Wildman–Crippen LogP) is 0.455. The van der Waals surface area contributed by atoms with Crippen molar-refractivity contribution in [1.82, 2.24) is 0 Å². The number of benzene rings is 1. The van der Waals surface area contributed by atoms with Crippen molar-refractivity contribution in [3.05, 3.63) is 30.3 Å². The predicted molar refractivity (Wildman–Crippen MR) is 50.4 cm³/mol. The molecule has 0 amide bonds. The van der Waals surface area contributed by atoms with Gasteiger partial charge in [-0.1, -0.05) is 18.2 Å². The van der Waals surface area contributed by atoms with Crippen molar-refractivity contribution >= 4 is 11.8 Å². The van der Waals surface area contributed by atoms with Crippen LogP contribution in [0.25, 0.3) is 0 Å². The molecule has 0 heterocycles. The quantitative estimate of drug-likeness (QED) is 0.479. The van der Waals surface area contributed by atoms with Gasteiger partial charge in [-0.25, -0.2) is 4.79 Å². The maximum Gasteiger partial charge on any atom is 0.352 e. The number of carboxylic acids is 1. The lowest BCUT2D eigenvalue weighted by atomic mass is 10.3. The van der Waals surface area contributed by atoms with E-state index in [2.05, 4.69) is 0 Å². The van der Waals surface area contributed by atoms with Crippen LogP contribution in [0.1, 0.15) is 0 Å². The average Bonchev–Trinajstić information content (AvgIpc) is 2.15. The number of amidine groups is 1. The first-order valence-corrected chi connectivity index (χ1v) is 3.89. The first kappa shape index (κ1) is 10.0. The van der Waals surface area contributed by atoms with Gasteiger partial charge in [-0.05, 0) is 12.1 Å². The van der Waals surface area contributed by atoms with Gasteiger partial charge in [0.25, 0.3) is 6.10 Å². The fourth-order valence-electron chi connectivity index (χ4n) is 0.882. The van der Waals surface area contributed by atoms with Crippen molar-refractivity contribution in [1.29, 1.82) is 5.41 Å². The van der Waals surface area contributed by atoms with Crippen molar-refractivity contribution in [2.24, 2.45) is 5.73 Å². The molecule has 1 aromatic carbocycles. The zero-order chi connectivity index (χ0) is 10.6. The number of hydrogen-bond acceptors (Lipinski definition) is 3. The number of carboxylic acid groups (broad SMARTS) is 1. The summed E-state index contributed by atoms with van der Waals surface area (Å²) >= 11 is 0. The van der Waals surface area contributed by atoms with Crippen LogP contribution in [0.15, 0.2) is 30.3 Å². The molecule has 1 rings (SSSR count). The molecule has 0 spiro atoms. The van der Waals surface area contributed by atoms with Gasteiger partial charge in [0.15, 0.2) is 0 Å². The maximum absolute atomic E-state index is 10.6. The highest BCUT2D eigenvalue weighted by molar-refractivity contribution is 6.00. The molecule has 0 fully saturated rings. The van der Waals surface area contributed by atoms with Gasteiger partial charge in [0, 0.05) is 0 Å². The van der Waals surface area contributed by atoms with E-state index in [1.807, 2.05) is 0 Å². The van der Waals surface area contributed by atoms with Crippen LogP contribution < -0.4 is 10.5 Å². The Morgan fingerprint density at radius 1 is 1.43 bits per heavy atom. The van der Waals surface area contributed by atoms with Gasteiger partial charge in [-0.15, -0.1) is 0 Å². The van der Waals surface area contributed by atoms with Gasteiger partial charge in [-0.2, -0.15) is 0 Å². The number of carbonyl (C=O) groups is 1. The fraction of sp³-hybridized carbons (Fsp3) is 0.111. The van der Waals surface area contributed by atoms with Crippen LogP contribution in [-0.4, -0.2) is 23.0 Å². The van der Waals surface area contributed by atoms with Crippen LogP contribution >= 0.6 is 0 Å². The lowest BCUT2D eigenvalue weighted by Gasteiger charge is -2.12. The maximum atomic E-state index is 10.6. The summed E-state index contributed by atoms with van der Waals surface area (Å²) in [7, 11) is 0. The van der Waals surface area contributed by atoms with Crippen LogP contribution in [-0.2, 0) is 4.79 Å². The van der Waals surface area contributed by atoms with E-state index in [-0.39, 0.29) is 0 Å². The van der Waals surface area contributed by atoms with Crippen LogP contribution in [0.3, 0.4) is 0 Å². The number of nitrogens with one attached hydrogen (secondary N) is 1. The summed E-state index contributed by atoms with van der Waals surface area (Å²) in [6, 6.07) is 8.37. The number of rotatable bonds is 4. The minimum absolute atomic E-state index is 0.370. The summed E-state index contributed by atoms with van der Waals surface area (Å²) < 4.78 is 4.99. The monoisotopic (exact) mass is 194 g/mol. The first-order valence-electron chi connectivity index (χ1n) is 3.89. The summed E-state index contributed by atoms with van der Waals surface area (Å²) in [5.41, 5.74) is 5.06. The molecule has 1 aromatic rings. The second kappa shape index (κ2) is 4.27. The topological polar surface area (TPSA) is 96.4 Å². The molecule has 4 N–H and O–H groups in total. The standard InChI is InChI=1S/C9H10N2O3/c10-8(11)7(9(12)13)14-6-4-2-1-3-5-6/h1-5,7H,(H3,10,11)(H,12,13). The van der Waals surface area contributed by atoms with Crippen LogP contribution in [0.5, 0.6) is 5.75 Å². The number of nitrogens with two attached hydrogens (primary N) is 1. The molecule has 0 radical (unpaired) electrons. The highest BCUT2D eigenvalue weighted by Gasteiger charge is 2.22. The molecular formula is C9H10N2O3. The number of ether oxygens (including phenoxy) is 1. The lowest BCUT2D eigenvalue weighted by Crippen LogP contribution is -2.39. The second-order valence-electron chi connectivity index (χ2n) is 2.60. The Balaban J connectivity index is 2.75. The highest BCUT2D eigenvalue weighted by atomic mass is 16.5. The normalized spacial score (nSPS) is 11.7. The van der Waals surface area contributed by atoms with Crippen molar-refractivity contribution in [2.75, 3.05) is 0 Å². The molecule has 1 atom stereocenters. The Labute approximate surface area is 80.6 Å². The smallest absolute Gasteiger partial charge is 0.352 e. The largest absolute Gasteiger partial charge is 0.478 e. The summed E-state index contributed by atoms with van der Waals surface area (Å²) in [6.45, 7) is 0. The molecule has 0 aromatic heterocycles. The highest BCUT2D eigenvalue weighted by Crippen LogP contribution is 2.10. The summed E-state index contributed by atoms with van der Waals surface area (Å²) in [6.07, 6.45) is -1.42. The third-order valence-electron chi connectivity index (χ3n) is 1.50. The van der Waals surface area contributed by atoms with Crippen molar-refractivity contribution in [3.63, 3.8) is 0 Å². The molecule has 0 aliphatic carbocycles. The molecule has 0 aliphatic heterocycles. The van der Waals surface area contributed by atoms with E-state index in [0.717, 1.165) is 0 Å². The lowest BCUT2D eigenvalue weighted by molar-refractivity contribution is -0.141. The molecule has 5 nitrogen and oxygen atoms in total. The number of aliphatic carboxylic acids is 1. The zero-order valence-corrected chi connectivity index (χ0v) is 7.31. The molecule has 14 heavy (non-hydrogen) atoms. The van der Waals surface area contributed by atoms with Gasteiger partial charge < -0.3 is 15.6 Å². The van der Waals surface area contributed by atoms with Gasteiger partial charge in [0.1, 0.15) is 11.6 Å².